The SMILES string of the molecule is CN1C(=S)C(CCCCC(=O)c2ncn(Cc3ccccc3)n2)COc2cc(Cl)cnc21. The van der Waals surface area contributed by atoms with Crippen LogP contribution < -0.4 is 9.64 Å². The van der Waals surface area contributed by atoms with Crippen molar-refractivity contribution in [2.45, 2.75) is 32.2 Å². The van der Waals surface area contributed by atoms with Crippen LogP contribution in [-0.4, -0.2) is 44.2 Å². The van der Waals surface area contributed by atoms with Crippen molar-refractivity contribution in [3.63, 3.8) is 0 Å². The highest BCUT2D eigenvalue weighted by atomic mass is 35.5. The third kappa shape index (κ3) is 5.31. The number of anilines is 1. The number of benzene rings is 1. The van der Waals surface area contributed by atoms with Crippen molar-refractivity contribution in [2.24, 2.45) is 5.92 Å². The molecule has 0 saturated carbocycles. The summed E-state index contributed by atoms with van der Waals surface area (Å²) >= 11 is 11.7. The predicted molar refractivity (Wildman–Crippen MR) is 128 cm³/mol. The number of thiocarbonyl (C=S) groups is 1. The van der Waals surface area contributed by atoms with E-state index < -0.39 is 0 Å². The maximum atomic E-state index is 12.5. The van der Waals surface area contributed by atoms with Gasteiger partial charge in [-0.15, -0.1) is 5.10 Å². The molecule has 4 rings (SSSR count). The second-order valence-electron chi connectivity index (χ2n) is 7.80. The highest BCUT2D eigenvalue weighted by molar-refractivity contribution is 7.80. The Morgan fingerprint density at radius 3 is 2.88 bits per heavy atom. The van der Waals surface area contributed by atoms with Crippen LogP contribution in [0.2, 0.25) is 5.02 Å². The van der Waals surface area contributed by atoms with Crippen LogP contribution >= 0.6 is 23.8 Å². The number of aromatic nitrogens is 4. The second-order valence-corrected chi connectivity index (χ2v) is 8.66. The molecule has 0 N–H and O–H groups in total. The number of rotatable bonds is 8. The molecular weight excluding hydrogens is 446 g/mol. The van der Waals surface area contributed by atoms with Gasteiger partial charge in [0.25, 0.3) is 0 Å². The van der Waals surface area contributed by atoms with E-state index in [4.69, 9.17) is 28.6 Å². The summed E-state index contributed by atoms with van der Waals surface area (Å²) in [7, 11) is 1.89. The van der Waals surface area contributed by atoms with Gasteiger partial charge in [-0.05, 0) is 18.4 Å². The molecule has 1 aliphatic heterocycles. The fraction of sp³-hybridized carbons (Fsp3) is 0.348. The van der Waals surface area contributed by atoms with E-state index in [0.29, 0.717) is 36.2 Å². The molecule has 1 atom stereocenters. The maximum Gasteiger partial charge on any atom is 0.217 e. The Labute approximate surface area is 197 Å². The van der Waals surface area contributed by atoms with Gasteiger partial charge in [0.1, 0.15) is 6.33 Å². The molecule has 3 heterocycles. The van der Waals surface area contributed by atoms with Gasteiger partial charge in [0.05, 0.1) is 23.2 Å². The predicted octanol–water partition coefficient (Wildman–Crippen LogP) is 4.59. The molecule has 0 radical (unpaired) electrons. The highest BCUT2D eigenvalue weighted by Crippen LogP contribution is 2.33. The standard InChI is InChI=1S/C23H24ClN5O2S/c1-28-22-20(11-18(24)12-25-22)31-14-17(23(28)32)9-5-6-10-19(30)21-26-15-29(27-21)13-16-7-3-2-4-8-16/h2-4,7-8,11-12,15,17H,5-6,9-10,13-14H2,1H3. The van der Waals surface area contributed by atoms with E-state index in [1.807, 2.05) is 42.3 Å². The van der Waals surface area contributed by atoms with Gasteiger partial charge >= 0.3 is 0 Å². The van der Waals surface area contributed by atoms with Gasteiger partial charge in [0.2, 0.25) is 11.6 Å². The van der Waals surface area contributed by atoms with Crippen LogP contribution in [0.15, 0.2) is 48.9 Å². The third-order valence-corrected chi connectivity index (χ3v) is 6.23. The van der Waals surface area contributed by atoms with Gasteiger partial charge in [-0.3, -0.25) is 4.79 Å². The van der Waals surface area contributed by atoms with Crippen LogP contribution in [0, 0.1) is 5.92 Å². The highest BCUT2D eigenvalue weighted by Gasteiger charge is 2.27. The molecule has 0 spiro atoms. The largest absolute Gasteiger partial charge is 0.489 e. The summed E-state index contributed by atoms with van der Waals surface area (Å²) in [5, 5.41) is 4.86. The average molecular weight is 470 g/mol. The first kappa shape index (κ1) is 22.4. The lowest BCUT2D eigenvalue weighted by Gasteiger charge is -2.21. The van der Waals surface area contributed by atoms with Crippen molar-refractivity contribution in [1.82, 2.24) is 19.7 Å². The van der Waals surface area contributed by atoms with E-state index in [1.165, 1.54) is 0 Å². The molecule has 166 valence electrons. The number of fused-ring (bicyclic) bond motifs is 1. The van der Waals surface area contributed by atoms with Gasteiger partial charge in [0.15, 0.2) is 11.6 Å². The van der Waals surface area contributed by atoms with Crippen molar-refractivity contribution in [3.05, 3.63) is 65.3 Å². The molecule has 0 saturated heterocycles. The van der Waals surface area contributed by atoms with E-state index in [-0.39, 0.29) is 17.5 Å². The smallest absolute Gasteiger partial charge is 0.217 e. The summed E-state index contributed by atoms with van der Waals surface area (Å²) < 4.78 is 7.61. The summed E-state index contributed by atoms with van der Waals surface area (Å²) in [6.45, 7) is 1.06. The topological polar surface area (TPSA) is 73.1 Å². The minimum Gasteiger partial charge on any atom is -0.489 e. The molecule has 0 bridgehead atoms. The Hall–Kier alpha value is -2.84. The number of ketones is 1. The zero-order chi connectivity index (χ0) is 22.5. The molecule has 3 aromatic rings. The average Bonchev–Trinajstić information content (AvgIpc) is 3.22. The Morgan fingerprint density at radius 2 is 2.06 bits per heavy atom. The number of carbonyl (C=O) groups is 1. The van der Waals surface area contributed by atoms with Crippen LogP contribution in [-0.2, 0) is 6.54 Å². The quantitative estimate of drug-likeness (QED) is 0.271. The van der Waals surface area contributed by atoms with Crippen LogP contribution in [0.25, 0.3) is 0 Å². The molecular formula is C23H24ClN5O2S. The summed E-state index contributed by atoms with van der Waals surface area (Å²) in [5.74, 6) is 1.61. The number of hydrogen-bond donors (Lipinski definition) is 0. The molecule has 0 amide bonds. The van der Waals surface area contributed by atoms with E-state index in [1.54, 1.807) is 23.3 Å². The Morgan fingerprint density at radius 1 is 1.25 bits per heavy atom. The Balaban J connectivity index is 1.25. The zero-order valence-electron chi connectivity index (χ0n) is 17.8. The van der Waals surface area contributed by atoms with Gasteiger partial charge in [-0.1, -0.05) is 60.6 Å². The molecule has 9 heteroatoms. The van der Waals surface area contributed by atoms with Crippen LogP contribution in [0.5, 0.6) is 5.75 Å². The minimum absolute atomic E-state index is 0.0418. The Bertz CT molecular complexity index is 1100. The lowest BCUT2D eigenvalue weighted by Crippen LogP contribution is -2.32. The fourth-order valence-electron chi connectivity index (χ4n) is 3.68. The number of nitrogens with zero attached hydrogens (tertiary/aromatic N) is 5. The van der Waals surface area contributed by atoms with Gasteiger partial charge in [-0.2, -0.15) is 0 Å². The maximum absolute atomic E-state index is 12.5. The van der Waals surface area contributed by atoms with Crippen molar-refractivity contribution >= 4 is 40.4 Å². The number of carbonyl (C=O) groups excluding carboxylic acids is 1. The fourth-order valence-corrected chi connectivity index (χ4v) is 4.10. The number of ether oxygens (including phenoxy) is 1. The van der Waals surface area contributed by atoms with E-state index in [2.05, 4.69) is 15.1 Å². The summed E-state index contributed by atoms with van der Waals surface area (Å²) in [5.41, 5.74) is 1.11. The third-order valence-electron chi connectivity index (χ3n) is 5.42. The number of hydrogen-bond acceptors (Lipinski definition) is 6. The van der Waals surface area contributed by atoms with Gasteiger partial charge in [0, 0.05) is 31.6 Å². The van der Waals surface area contributed by atoms with Crippen molar-refractivity contribution in [3.8, 4) is 5.75 Å². The van der Waals surface area contributed by atoms with E-state index in [0.717, 1.165) is 29.8 Å². The Kier molecular flexibility index (Phi) is 7.12. The molecule has 32 heavy (non-hydrogen) atoms. The first-order valence-corrected chi connectivity index (χ1v) is 11.3. The van der Waals surface area contributed by atoms with Crippen LogP contribution in [0.3, 0.4) is 0 Å². The molecule has 1 aliphatic rings. The van der Waals surface area contributed by atoms with Gasteiger partial charge < -0.3 is 9.64 Å². The number of halogens is 1. The number of pyridine rings is 1. The lowest BCUT2D eigenvalue weighted by molar-refractivity contribution is 0.0968. The lowest BCUT2D eigenvalue weighted by atomic mass is 10.0. The van der Waals surface area contributed by atoms with Crippen molar-refractivity contribution in [2.75, 3.05) is 18.6 Å². The van der Waals surface area contributed by atoms with Gasteiger partial charge in [-0.25, -0.2) is 14.6 Å². The molecule has 0 fully saturated rings. The first-order chi connectivity index (χ1) is 15.5. The monoisotopic (exact) mass is 469 g/mol. The first-order valence-electron chi connectivity index (χ1n) is 10.5. The van der Waals surface area contributed by atoms with E-state index in [9.17, 15) is 4.79 Å². The van der Waals surface area contributed by atoms with Crippen LogP contribution in [0.1, 0.15) is 41.9 Å². The van der Waals surface area contributed by atoms with Crippen molar-refractivity contribution in [1.29, 1.82) is 0 Å². The molecule has 1 unspecified atom stereocenters. The second kappa shape index (κ2) is 10.2. The normalized spacial score (nSPS) is 15.8. The molecule has 2 aromatic heterocycles. The number of unbranched alkanes of at least 4 members (excludes halogenated alkanes) is 1. The van der Waals surface area contributed by atoms with E-state index >= 15 is 0 Å². The summed E-state index contributed by atoms with van der Waals surface area (Å²) in [6.07, 6.45) is 6.02. The zero-order valence-corrected chi connectivity index (χ0v) is 19.3. The summed E-state index contributed by atoms with van der Waals surface area (Å²) in [6, 6.07) is 11.7. The molecule has 7 nitrogen and oxygen atoms in total. The molecule has 0 aliphatic carbocycles. The van der Waals surface area contributed by atoms with Crippen molar-refractivity contribution < 1.29 is 9.53 Å². The number of Topliss-reactive ketones (excluding diaryl/α,β-unsaturated/α-hetero) is 1. The van der Waals surface area contributed by atoms with Crippen LogP contribution in [0.4, 0.5) is 5.82 Å². The summed E-state index contributed by atoms with van der Waals surface area (Å²) in [4.78, 5) is 23.7. The minimum atomic E-state index is -0.0418. The molecule has 1 aromatic carbocycles.